The van der Waals surface area contributed by atoms with Crippen LogP contribution in [0.1, 0.15) is 30.1 Å². The van der Waals surface area contributed by atoms with Gasteiger partial charge in [-0.05, 0) is 31.5 Å². The van der Waals surface area contributed by atoms with E-state index in [4.69, 9.17) is 0 Å². The van der Waals surface area contributed by atoms with E-state index in [0.717, 1.165) is 32.5 Å². The molecule has 4 heteroatoms. The number of nitrogens with zero attached hydrogens (tertiary/aromatic N) is 2. The molecule has 0 atom stereocenters. The number of likely N-dealkylation sites (tertiary alicyclic amines) is 1. The van der Waals surface area contributed by atoms with Crippen LogP contribution in [0.25, 0.3) is 0 Å². The number of benzene rings is 1. The SMILES string of the molecule is CCN1CCC(N(C)c2cccc(F)c2C=O)CC1. The first-order chi connectivity index (χ1) is 9.17. The van der Waals surface area contributed by atoms with Crippen molar-refractivity contribution in [3.05, 3.63) is 29.6 Å². The minimum Gasteiger partial charge on any atom is -0.371 e. The van der Waals surface area contributed by atoms with Gasteiger partial charge in [0.25, 0.3) is 0 Å². The monoisotopic (exact) mass is 264 g/mol. The summed E-state index contributed by atoms with van der Waals surface area (Å²) in [6.07, 6.45) is 2.72. The molecular weight excluding hydrogens is 243 g/mol. The Bertz CT molecular complexity index is 442. The highest BCUT2D eigenvalue weighted by Gasteiger charge is 2.23. The predicted octanol–water partition coefficient (Wildman–Crippen LogP) is 2.56. The molecule has 0 amide bonds. The molecule has 0 N–H and O–H groups in total. The maximum Gasteiger partial charge on any atom is 0.155 e. The van der Waals surface area contributed by atoms with E-state index in [1.54, 1.807) is 6.07 Å². The normalized spacial score (nSPS) is 17.4. The highest BCUT2D eigenvalue weighted by Crippen LogP contribution is 2.26. The third-order valence-electron chi connectivity index (χ3n) is 4.08. The number of aldehydes is 1. The molecule has 0 aliphatic carbocycles. The number of anilines is 1. The summed E-state index contributed by atoms with van der Waals surface area (Å²) < 4.78 is 13.6. The third kappa shape index (κ3) is 2.95. The van der Waals surface area contributed by atoms with E-state index in [9.17, 15) is 9.18 Å². The van der Waals surface area contributed by atoms with Gasteiger partial charge in [-0.1, -0.05) is 13.0 Å². The molecule has 1 aromatic rings. The highest BCUT2D eigenvalue weighted by molar-refractivity contribution is 5.85. The maximum atomic E-state index is 13.6. The zero-order valence-electron chi connectivity index (χ0n) is 11.6. The molecule has 1 heterocycles. The van der Waals surface area contributed by atoms with Crippen LogP contribution in [-0.4, -0.2) is 43.9 Å². The van der Waals surface area contributed by atoms with Crippen LogP contribution < -0.4 is 4.90 Å². The Kier molecular flexibility index (Phi) is 4.53. The van der Waals surface area contributed by atoms with Crippen LogP contribution in [0.2, 0.25) is 0 Å². The largest absolute Gasteiger partial charge is 0.371 e. The number of hydrogen-bond acceptors (Lipinski definition) is 3. The maximum absolute atomic E-state index is 13.6. The van der Waals surface area contributed by atoms with Gasteiger partial charge in [-0.3, -0.25) is 4.79 Å². The molecule has 0 spiro atoms. The Labute approximate surface area is 114 Å². The van der Waals surface area contributed by atoms with Crippen LogP contribution in [0, 0.1) is 5.82 Å². The van der Waals surface area contributed by atoms with Gasteiger partial charge in [0, 0.05) is 26.2 Å². The number of carbonyl (C=O) groups excluding carboxylic acids is 1. The fraction of sp³-hybridized carbons (Fsp3) is 0.533. The van der Waals surface area contributed by atoms with Crippen molar-refractivity contribution in [2.45, 2.75) is 25.8 Å². The number of rotatable bonds is 4. The molecule has 1 aliphatic heterocycles. The molecule has 1 fully saturated rings. The second kappa shape index (κ2) is 6.15. The first kappa shape index (κ1) is 14.0. The highest BCUT2D eigenvalue weighted by atomic mass is 19.1. The quantitative estimate of drug-likeness (QED) is 0.781. The Balaban J connectivity index is 2.14. The van der Waals surface area contributed by atoms with Crippen molar-refractivity contribution in [2.75, 3.05) is 31.6 Å². The lowest BCUT2D eigenvalue weighted by Gasteiger charge is -2.37. The number of halogens is 1. The van der Waals surface area contributed by atoms with Gasteiger partial charge >= 0.3 is 0 Å². The second-order valence-corrected chi connectivity index (χ2v) is 5.07. The van der Waals surface area contributed by atoms with E-state index in [1.807, 2.05) is 13.1 Å². The van der Waals surface area contributed by atoms with Gasteiger partial charge in [0.1, 0.15) is 5.82 Å². The smallest absolute Gasteiger partial charge is 0.155 e. The third-order valence-corrected chi connectivity index (χ3v) is 4.08. The zero-order valence-corrected chi connectivity index (χ0v) is 11.6. The first-order valence-electron chi connectivity index (χ1n) is 6.86. The van der Waals surface area contributed by atoms with Crippen LogP contribution in [0.3, 0.4) is 0 Å². The summed E-state index contributed by atoms with van der Waals surface area (Å²) in [5, 5.41) is 0. The summed E-state index contributed by atoms with van der Waals surface area (Å²) in [6.45, 7) is 5.38. The van der Waals surface area contributed by atoms with Crippen molar-refractivity contribution in [3.63, 3.8) is 0 Å². The minimum absolute atomic E-state index is 0.169. The molecule has 104 valence electrons. The molecule has 0 aromatic heterocycles. The van der Waals surface area contributed by atoms with E-state index in [0.29, 0.717) is 18.0 Å². The lowest BCUT2D eigenvalue weighted by molar-refractivity contribution is 0.112. The fourth-order valence-electron chi connectivity index (χ4n) is 2.77. The van der Waals surface area contributed by atoms with E-state index >= 15 is 0 Å². The molecular formula is C15H21FN2O. The lowest BCUT2D eigenvalue weighted by atomic mass is 10.0. The predicted molar refractivity (Wildman–Crippen MR) is 75.3 cm³/mol. The van der Waals surface area contributed by atoms with Gasteiger partial charge in [-0.25, -0.2) is 4.39 Å². The summed E-state index contributed by atoms with van der Waals surface area (Å²) in [5.41, 5.74) is 0.868. The van der Waals surface area contributed by atoms with Crippen LogP contribution in [0.4, 0.5) is 10.1 Å². The van der Waals surface area contributed by atoms with Gasteiger partial charge in [-0.15, -0.1) is 0 Å². The van der Waals surface area contributed by atoms with Crippen molar-refractivity contribution in [1.82, 2.24) is 4.90 Å². The fourth-order valence-corrected chi connectivity index (χ4v) is 2.77. The molecule has 2 rings (SSSR count). The van der Waals surface area contributed by atoms with E-state index in [1.165, 1.54) is 6.07 Å². The Morgan fingerprint density at radius 3 is 2.68 bits per heavy atom. The lowest BCUT2D eigenvalue weighted by Crippen LogP contribution is -2.43. The van der Waals surface area contributed by atoms with Crippen molar-refractivity contribution in [3.8, 4) is 0 Å². The van der Waals surface area contributed by atoms with Crippen molar-refractivity contribution < 1.29 is 9.18 Å². The molecule has 19 heavy (non-hydrogen) atoms. The number of hydrogen-bond donors (Lipinski definition) is 0. The summed E-state index contributed by atoms with van der Waals surface area (Å²) in [7, 11) is 1.95. The van der Waals surface area contributed by atoms with Crippen LogP contribution >= 0.6 is 0 Å². The molecule has 1 aromatic carbocycles. The van der Waals surface area contributed by atoms with E-state index in [-0.39, 0.29) is 5.56 Å². The topological polar surface area (TPSA) is 23.6 Å². The molecule has 0 unspecified atom stereocenters. The first-order valence-corrected chi connectivity index (χ1v) is 6.86. The summed E-state index contributed by atoms with van der Waals surface area (Å²) >= 11 is 0. The summed E-state index contributed by atoms with van der Waals surface area (Å²) in [6, 6.07) is 5.19. The van der Waals surface area contributed by atoms with E-state index in [2.05, 4.69) is 16.7 Å². The number of carbonyl (C=O) groups is 1. The molecule has 0 bridgehead atoms. The van der Waals surface area contributed by atoms with Gasteiger partial charge in [-0.2, -0.15) is 0 Å². The van der Waals surface area contributed by atoms with Crippen molar-refractivity contribution in [1.29, 1.82) is 0 Å². The second-order valence-electron chi connectivity index (χ2n) is 5.07. The molecule has 3 nitrogen and oxygen atoms in total. The molecule has 0 radical (unpaired) electrons. The average molecular weight is 264 g/mol. The molecule has 1 aliphatic rings. The van der Waals surface area contributed by atoms with Crippen LogP contribution in [0.5, 0.6) is 0 Å². The van der Waals surface area contributed by atoms with E-state index < -0.39 is 5.82 Å². The summed E-state index contributed by atoms with van der Waals surface area (Å²) in [4.78, 5) is 15.5. The Hall–Kier alpha value is -1.42. The molecule has 0 saturated carbocycles. The van der Waals surface area contributed by atoms with Crippen LogP contribution in [0.15, 0.2) is 18.2 Å². The Morgan fingerprint density at radius 1 is 1.42 bits per heavy atom. The van der Waals surface area contributed by atoms with Gasteiger partial charge in [0.05, 0.1) is 11.3 Å². The van der Waals surface area contributed by atoms with Crippen LogP contribution in [-0.2, 0) is 0 Å². The van der Waals surface area contributed by atoms with Gasteiger partial charge in [0.2, 0.25) is 0 Å². The molecule has 1 saturated heterocycles. The number of piperidine rings is 1. The van der Waals surface area contributed by atoms with Crippen molar-refractivity contribution in [2.24, 2.45) is 0 Å². The minimum atomic E-state index is -0.439. The van der Waals surface area contributed by atoms with Gasteiger partial charge in [0.15, 0.2) is 6.29 Å². The standard InChI is InChI=1S/C15H21FN2O/c1-3-18-9-7-12(8-10-18)17(2)15-6-4-5-14(16)13(15)11-19/h4-6,11-12H,3,7-10H2,1-2H3. The Morgan fingerprint density at radius 2 is 2.11 bits per heavy atom. The van der Waals surface area contributed by atoms with Gasteiger partial charge < -0.3 is 9.80 Å². The van der Waals surface area contributed by atoms with Crippen molar-refractivity contribution >= 4 is 12.0 Å². The zero-order chi connectivity index (χ0) is 13.8. The average Bonchev–Trinajstić information content (AvgIpc) is 2.46. The summed E-state index contributed by atoms with van der Waals surface area (Å²) in [5.74, 6) is -0.439.